The summed E-state index contributed by atoms with van der Waals surface area (Å²) in [6.07, 6.45) is 1.42. The van der Waals surface area contributed by atoms with E-state index in [1.54, 1.807) is 7.11 Å². The third kappa shape index (κ3) is 3.53. The van der Waals surface area contributed by atoms with Gasteiger partial charge in [-0.15, -0.1) is 0 Å². The SMILES string of the molecule is COc1ccc(C)cc1[C@H](C(=O)O)N1CCC(n2c(=O)[nH]c3ccccc32)CC1. The summed E-state index contributed by atoms with van der Waals surface area (Å²) in [6, 6.07) is 12.5. The van der Waals surface area contributed by atoms with Crippen LogP contribution in [0.4, 0.5) is 0 Å². The molecule has 2 heterocycles. The van der Waals surface area contributed by atoms with Crippen LogP contribution < -0.4 is 10.4 Å². The lowest BCUT2D eigenvalue weighted by Gasteiger charge is -2.36. The van der Waals surface area contributed by atoms with E-state index in [-0.39, 0.29) is 11.7 Å². The van der Waals surface area contributed by atoms with Crippen LogP contribution in [-0.2, 0) is 4.79 Å². The number of likely N-dealkylation sites (tertiary alicyclic amines) is 1. The van der Waals surface area contributed by atoms with Crippen molar-refractivity contribution in [2.45, 2.75) is 31.8 Å². The van der Waals surface area contributed by atoms with Crippen LogP contribution in [0.5, 0.6) is 5.75 Å². The maximum Gasteiger partial charge on any atom is 0.326 e. The molecular weight excluding hydrogens is 370 g/mol. The number of nitrogens with one attached hydrogen (secondary N) is 1. The Balaban J connectivity index is 1.59. The number of H-pyrrole nitrogens is 1. The van der Waals surface area contributed by atoms with Gasteiger partial charge in [0.15, 0.2) is 0 Å². The number of para-hydroxylation sites is 2. The van der Waals surface area contributed by atoms with Crippen LogP contribution in [0.25, 0.3) is 11.0 Å². The van der Waals surface area contributed by atoms with E-state index in [9.17, 15) is 14.7 Å². The number of imidazole rings is 1. The van der Waals surface area contributed by atoms with Gasteiger partial charge in [0.1, 0.15) is 11.8 Å². The number of carbonyl (C=O) groups is 1. The van der Waals surface area contributed by atoms with Crippen molar-refractivity contribution in [1.82, 2.24) is 14.5 Å². The Morgan fingerprint density at radius 2 is 1.93 bits per heavy atom. The van der Waals surface area contributed by atoms with Gasteiger partial charge in [-0.3, -0.25) is 14.3 Å². The second kappa shape index (κ2) is 7.75. The predicted octanol–water partition coefficient (Wildman–Crippen LogP) is 3.11. The molecule has 0 unspecified atom stereocenters. The van der Waals surface area contributed by atoms with E-state index >= 15 is 0 Å². The van der Waals surface area contributed by atoms with Gasteiger partial charge in [0.2, 0.25) is 0 Å². The van der Waals surface area contributed by atoms with Crippen molar-refractivity contribution >= 4 is 17.0 Å². The van der Waals surface area contributed by atoms with E-state index in [1.807, 2.05) is 58.9 Å². The summed E-state index contributed by atoms with van der Waals surface area (Å²) in [7, 11) is 1.56. The van der Waals surface area contributed by atoms with Crippen LogP contribution in [0, 0.1) is 6.92 Å². The van der Waals surface area contributed by atoms with Crippen molar-refractivity contribution in [3.05, 3.63) is 64.1 Å². The molecule has 29 heavy (non-hydrogen) atoms. The number of nitrogens with zero attached hydrogens (tertiary/aromatic N) is 2. The molecule has 1 saturated heterocycles. The molecule has 2 aromatic carbocycles. The Hall–Kier alpha value is -3.06. The number of hydrogen-bond donors (Lipinski definition) is 2. The number of piperidine rings is 1. The molecule has 0 bridgehead atoms. The molecule has 4 rings (SSSR count). The van der Waals surface area contributed by atoms with Gasteiger partial charge in [-0.2, -0.15) is 0 Å². The fourth-order valence-electron chi connectivity index (χ4n) is 4.39. The first-order chi connectivity index (χ1) is 14.0. The molecular formula is C22H25N3O4. The molecule has 152 valence electrons. The zero-order valence-corrected chi connectivity index (χ0v) is 16.6. The van der Waals surface area contributed by atoms with Gasteiger partial charge in [-0.25, -0.2) is 4.79 Å². The Kier molecular flexibility index (Phi) is 5.15. The highest BCUT2D eigenvalue weighted by Crippen LogP contribution is 2.34. The molecule has 1 fully saturated rings. The lowest BCUT2D eigenvalue weighted by molar-refractivity contribution is -0.144. The number of fused-ring (bicyclic) bond motifs is 1. The smallest absolute Gasteiger partial charge is 0.326 e. The number of aryl methyl sites for hydroxylation is 1. The normalized spacial score (nSPS) is 16.8. The second-order valence-corrected chi connectivity index (χ2v) is 7.57. The molecule has 0 radical (unpaired) electrons. The number of ether oxygens (including phenoxy) is 1. The van der Waals surface area contributed by atoms with Crippen LogP contribution in [0.3, 0.4) is 0 Å². The summed E-state index contributed by atoms with van der Waals surface area (Å²) in [5, 5.41) is 9.97. The number of aromatic amines is 1. The van der Waals surface area contributed by atoms with Crippen molar-refractivity contribution in [3.8, 4) is 5.75 Å². The number of aliphatic carboxylic acids is 1. The number of benzene rings is 2. The van der Waals surface area contributed by atoms with Crippen molar-refractivity contribution in [2.24, 2.45) is 0 Å². The minimum atomic E-state index is -0.892. The molecule has 0 aliphatic carbocycles. The first kappa shape index (κ1) is 19.3. The Morgan fingerprint density at radius 3 is 2.62 bits per heavy atom. The van der Waals surface area contributed by atoms with Gasteiger partial charge in [0, 0.05) is 24.7 Å². The van der Waals surface area contributed by atoms with Crippen LogP contribution in [-0.4, -0.2) is 45.7 Å². The first-order valence-corrected chi connectivity index (χ1v) is 9.80. The third-order valence-electron chi connectivity index (χ3n) is 5.77. The number of rotatable bonds is 5. The summed E-state index contributed by atoms with van der Waals surface area (Å²) in [5.41, 5.74) is 3.27. The molecule has 0 amide bonds. The van der Waals surface area contributed by atoms with Gasteiger partial charge in [-0.1, -0.05) is 29.8 Å². The lowest BCUT2D eigenvalue weighted by Crippen LogP contribution is -2.42. The average molecular weight is 395 g/mol. The van der Waals surface area contributed by atoms with Crippen LogP contribution in [0.1, 0.15) is 36.1 Å². The van der Waals surface area contributed by atoms with E-state index in [4.69, 9.17) is 4.74 Å². The minimum Gasteiger partial charge on any atom is -0.496 e. The molecule has 7 heteroatoms. The van der Waals surface area contributed by atoms with Gasteiger partial charge in [0.05, 0.1) is 18.1 Å². The van der Waals surface area contributed by atoms with Crippen molar-refractivity contribution < 1.29 is 14.6 Å². The average Bonchev–Trinajstić information content (AvgIpc) is 3.04. The molecule has 1 atom stereocenters. The zero-order valence-electron chi connectivity index (χ0n) is 16.6. The quantitative estimate of drug-likeness (QED) is 0.693. The van der Waals surface area contributed by atoms with Gasteiger partial charge >= 0.3 is 11.7 Å². The molecule has 1 aliphatic heterocycles. The third-order valence-corrected chi connectivity index (χ3v) is 5.77. The van der Waals surface area contributed by atoms with Gasteiger partial charge < -0.3 is 14.8 Å². The number of methoxy groups -OCH3 is 1. The minimum absolute atomic E-state index is 0.0451. The Bertz CT molecular complexity index is 1090. The van der Waals surface area contributed by atoms with Crippen LogP contribution >= 0.6 is 0 Å². The fraction of sp³-hybridized carbons (Fsp3) is 0.364. The monoisotopic (exact) mass is 395 g/mol. The maximum absolute atomic E-state index is 12.5. The molecule has 0 saturated carbocycles. The predicted molar refractivity (Wildman–Crippen MR) is 111 cm³/mol. The van der Waals surface area contributed by atoms with E-state index in [0.29, 0.717) is 37.2 Å². The van der Waals surface area contributed by atoms with Crippen molar-refractivity contribution in [1.29, 1.82) is 0 Å². The molecule has 7 nitrogen and oxygen atoms in total. The highest BCUT2D eigenvalue weighted by molar-refractivity contribution is 5.77. The van der Waals surface area contributed by atoms with Crippen LogP contribution in [0.15, 0.2) is 47.3 Å². The summed E-state index contributed by atoms with van der Waals surface area (Å²) in [6.45, 7) is 3.12. The molecule has 3 aromatic rings. The Labute approximate surface area is 168 Å². The highest BCUT2D eigenvalue weighted by atomic mass is 16.5. The topological polar surface area (TPSA) is 87.6 Å². The van der Waals surface area contributed by atoms with E-state index < -0.39 is 12.0 Å². The largest absolute Gasteiger partial charge is 0.496 e. The Morgan fingerprint density at radius 1 is 1.21 bits per heavy atom. The number of hydrogen-bond acceptors (Lipinski definition) is 4. The number of carboxylic acid groups (broad SMARTS) is 1. The van der Waals surface area contributed by atoms with Gasteiger partial charge in [-0.05, 0) is 38.0 Å². The van der Waals surface area contributed by atoms with Crippen molar-refractivity contribution in [3.63, 3.8) is 0 Å². The summed E-state index contributed by atoms with van der Waals surface area (Å²) in [4.78, 5) is 29.5. The second-order valence-electron chi connectivity index (χ2n) is 7.57. The standard InChI is InChI=1S/C22H25N3O4/c1-14-7-8-19(29-2)16(13-14)20(21(26)27)24-11-9-15(10-12-24)25-18-6-4-3-5-17(18)23-22(25)28/h3-8,13,15,20H,9-12H2,1-2H3,(H,23,28)(H,26,27)/t20-/m1/s1. The van der Waals surface area contributed by atoms with E-state index in [1.165, 1.54) is 0 Å². The van der Waals surface area contributed by atoms with E-state index in [2.05, 4.69) is 4.98 Å². The molecule has 1 aliphatic rings. The number of aromatic nitrogens is 2. The molecule has 1 aromatic heterocycles. The number of carboxylic acids is 1. The zero-order chi connectivity index (χ0) is 20.5. The summed E-state index contributed by atoms with van der Waals surface area (Å²) < 4.78 is 7.24. The van der Waals surface area contributed by atoms with Crippen LogP contribution in [0.2, 0.25) is 0 Å². The summed E-state index contributed by atoms with van der Waals surface area (Å²) in [5.74, 6) is -0.311. The molecule has 2 N–H and O–H groups in total. The van der Waals surface area contributed by atoms with E-state index in [0.717, 1.165) is 16.6 Å². The lowest BCUT2D eigenvalue weighted by atomic mass is 9.97. The van der Waals surface area contributed by atoms with Crippen molar-refractivity contribution in [2.75, 3.05) is 20.2 Å². The first-order valence-electron chi connectivity index (χ1n) is 9.80. The molecule has 0 spiro atoms. The maximum atomic E-state index is 12.5. The summed E-state index contributed by atoms with van der Waals surface area (Å²) >= 11 is 0. The highest BCUT2D eigenvalue weighted by Gasteiger charge is 2.34. The fourth-order valence-corrected chi connectivity index (χ4v) is 4.39. The van der Waals surface area contributed by atoms with Gasteiger partial charge in [0.25, 0.3) is 0 Å².